The summed E-state index contributed by atoms with van der Waals surface area (Å²) in [6.07, 6.45) is 10.1. The Kier molecular flexibility index (Phi) is 5.72. The Morgan fingerprint density at radius 3 is 2.92 bits per heavy atom. The van der Waals surface area contributed by atoms with E-state index >= 15 is 0 Å². The van der Waals surface area contributed by atoms with E-state index in [4.69, 9.17) is 0 Å². The van der Waals surface area contributed by atoms with Gasteiger partial charge in [0.15, 0.2) is 0 Å². The molecule has 0 N–H and O–H groups in total. The summed E-state index contributed by atoms with van der Waals surface area (Å²) in [5.74, 6) is 0.678. The van der Waals surface area contributed by atoms with Crippen molar-refractivity contribution in [2.75, 3.05) is 13.1 Å². The molecule has 2 heterocycles. The summed E-state index contributed by atoms with van der Waals surface area (Å²) in [7, 11) is 2.15. The number of benzene rings is 1. The van der Waals surface area contributed by atoms with E-state index in [-0.39, 0.29) is 0 Å². The standard InChI is InChI=1S/C21H30N2O/c1-3-4-12-23-13-11-17(8-7-14-24)15-21(23)19-16-22(2)20-10-6-5-9-18(19)20/h5-6,9-10,14,16-17,21H,3-4,7-8,11-13,15H2,1-2H3. The monoisotopic (exact) mass is 326 g/mol. The van der Waals surface area contributed by atoms with Crippen molar-refractivity contribution >= 4 is 17.2 Å². The van der Waals surface area contributed by atoms with Gasteiger partial charge in [-0.1, -0.05) is 31.5 Å². The number of aromatic nitrogens is 1. The van der Waals surface area contributed by atoms with Crippen LogP contribution in [0.2, 0.25) is 0 Å². The lowest BCUT2D eigenvalue weighted by Gasteiger charge is -2.39. The average molecular weight is 326 g/mol. The molecule has 1 aromatic carbocycles. The highest BCUT2D eigenvalue weighted by atomic mass is 16.1. The summed E-state index contributed by atoms with van der Waals surface area (Å²) < 4.78 is 2.26. The Balaban J connectivity index is 1.89. The van der Waals surface area contributed by atoms with Gasteiger partial charge in [0.25, 0.3) is 0 Å². The number of piperidine rings is 1. The third kappa shape index (κ3) is 3.56. The number of rotatable bonds is 7. The van der Waals surface area contributed by atoms with Gasteiger partial charge < -0.3 is 9.36 Å². The van der Waals surface area contributed by atoms with E-state index in [0.29, 0.717) is 18.4 Å². The molecule has 0 aliphatic carbocycles. The van der Waals surface area contributed by atoms with Gasteiger partial charge in [-0.25, -0.2) is 0 Å². The minimum atomic E-state index is 0.494. The van der Waals surface area contributed by atoms with Crippen LogP contribution in [0, 0.1) is 5.92 Å². The number of aryl methyl sites for hydroxylation is 1. The van der Waals surface area contributed by atoms with Gasteiger partial charge in [0.1, 0.15) is 6.29 Å². The SMILES string of the molecule is CCCCN1CCC(CCC=O)CC1c1cn(C)c2ccccc12. The molecule has 0 amide bonds. The Bertz CT molecular complexity index is 676. The topological polar surface area (TPSA) is 25.2 Å². The van der Waals surface area contributed by atoms with Crippen LogP contribution in [0.5, 0.6) is 0 Å². The molecule has 1 aromatic heterocycles. The predicted octanol–water partition coefficient (Wildman–Crippen LogP) is 4.71. The lowest BCUT2D eigenvalue weighted by molar-refractivity contribution is -0.108. The Hall–Kier alpha value is -1.61. The zero-order valence-electron chi connectivity index (χ0n) is 15.1. The van der Waals surface area contributed by atoms with E-state index in [1.807, 2.05) is 0 Å². The van der Waals surface area contributed by atoms with Gasteiger partial charge in [0.05, 0.1) is 0 Å². The average Bonchev–Trinajstić information content (AvgIpc) is 2.95. The lowest BCUT2D eigenvalue weighted by Crippen LogP contribution is -2.37. The first-order valence-corrected chi connectivity index (χ1v) is 9.46. The van der Waals surface area contributed by atoms with Crippen molar-refractivity contribution in [3.63, 3.8) is 0 Å². The first kappa shape index (κ1) is 17.2. The number of hydrogen-bond donors (Lipinski definition) is 0. The van der Waals surface area contributed by atoms with Crippen molar-refractivity contribution in [3.8, 4) is 0 Å². The van der Waals surface area contributed by atoms with Gasteiger partial charge in [-0.15, -0.1) is 0 Å². The second-order valence-corrected chi connectivity index (χ2v) is 7.25. The summed E-state index contributed by atoms with van der Waals surface area (Å²) in [6, 6.07) is 9.23. The summed E-state index contributed by atoms with van der Waals surface area (Å²) in [4.78, 5) is 13.5. The lowest BCUT2D eigenvalue weighted by atomic mass is 9.84. The number of hydrogen-bond acceptors (Lipinski definition) is 2. The van der Waals surface area contributed by atoms with Crippen molar-refractivity contribution in [2.24, 2.45) is 13.0 Å². The number of aldehydes is 1. The molecule has 24 heavy (non-hydrogen) atoms. The van der Waals surface area contributed by atoms with Gasteiger partial charge in [0, 0.05) is 36.6 Å². The molecule has 130 valence electrons. The number of carbonyl (C=O) groups is 1. The molecule has 0 radical (unpaired) electrons. The Morgan fingerprint density at radius 2 is 2.12 bits per heavy atom. The second kappa shape index (κ2) is 7.98. The fraction of sp³-hybridized carbons (Fsp3) is 0.571. The zero-order valence-corrected chi connectivity index (χ0v) is 15.1. The molecule has 0 bridgehead atoms. The summed E-state index contributed by atoms with van der Waals surface area (Å²) in [6.45, 7) is 4.62. The van der Waals surface area contributed by atoms with Crippen LogP contribution < -0.4 is 0 Å². The van der Waals surface area contributed by atoms with Gasteiger partial charge in [-0.3, -0.25) is 4.90 Å². The highest BCUT2D eigenvalue weighted by Gasteiger charge is 2.30. The molecule has 2 atom stereocenters. The number of nitrogens with zero attached hydrogens (tertiary/aromatic N) is 2. The van der Waals surface area contributed by atoms with Crippen LogP contribution in [-0.2, 0) is 11.8 Å². The van der Waals surface area contributed by atoms with Crippen LogP contribution in [-0.4, -0.2) is 28.8 Å². The highest BCUT2D eigenvalue weighted by molar-refractivity contribution is 5.84. The summed E-state index contributed by atoms with van der Waals surface area (Å²) in [5, 5.41) is 1.39. The van der Waals surface area contributed by atoms with Crippen molar-refractivity contribution in [1.29, 1.82) is 0 Å². The van der Waals surface area contributed by atoms with E-state index in [1.165, 1.54) is 48.7 Å². The minimum absolute atomic E-state index is 0.494. The fourth-order valence-electron chi connectivity index (χ4n) is 4.24. The van der Waals surface area contributed by atoms with Crippen molar-refractivity contribution in [3.05, 3.63) is 36.0 Å². The molecule has 1 aliphatic heterocycles. The zero-order chi connectivity index (χ0) is 16.9. The molecule has 3 rings (SSSR count). The van der Waals surface area contributed by atoms with Crippen molar-refractivity contribution in [1.82, 2.24) is 9.47 Å². The third-order valence-corrected chi connectivity index (χ3v) is 5.60. The number of para-hydroxylation sites is 1. The van der Waals surface area contributed by atoms with Gasteiger partial charge in [0.2, 0.25) is 0 Å². The molecule has 2 unspecified atom stereocenters. The van der Waals surface area contributed by atoms with Crippen molar-refractivity contribution in [2.45, 2.75) is 51.5 Å². The summed E-state index contributed by atoms with van der Waals surface area (Å²) >= 11 is 0. The maximum atomic E-state index is 10.8. The number of likely N-dealkylation sites (tertiary alicyclic amines) is 1. The predicted molar refractivity (Wildman–Crippen MR) is 100 cm³/mol. The van der Waals surface area contributed by atoms with E-state index in [0.717, 1.165) is 19.3 Å². The van der Waals surface area contributed by atoms with Crippen LogP contribution in [0.15, 0.2) is 30.5 Å². The quantitative estimate of drug-likeness (QED) is 0.688. The van der Waals surface area contributed by atoms with E-state index in [1.54, 1.807) is 0 Å². The molecule has 3 nitrogen and oxygen atoms in total. The van der Waals surface area contributed by atoms with Gasteiger partial charge >= 0.3 is 0 Å². The first-order valence-electron chi connectivity index (χ1n) is 9.46. The second-order valence-electron chi connectivity index (χ2n) is 7.25. The Labute approximate surface area is 145 Å². The van der Waals surface area contributed by atoms with Crippen LogP contribution in [0.4, 0.5) is 0 Å². The molecule has 3 heteroatoms. The van der Waals surface area contributed by atoms with Gasteiger partial charge in [-0.05, 0) is 56.3 Å². The van der Waals surface area contributed by atoms with Crippen LogP contribution in [0.1, 0.15) is 57.1 Å². The minimum Gasteiger partial charge on any atom is -0.350 e. The number of carbonyl (C=O) groups excluding carboxylic acids is 1. The van der Waals surface area contributed by atoms with E-state index in [2.05, 4.69) is 53.9 Å². The van der Waals surface area contributed by atoms with Crippen molar-refractivity contribution < 1.29 is 4.79 Å². The van der Waals surface area contributed by atoms with E-state index in [9.17, 15) is 4.79 Å². The molecule has 1 saturated heterocycles. The molecule has 1 aliphatic rings. The largest absolute Gasteiger partial charge is 0.350 e. The molecular formula is C21H30N2O. The summed E-state index contributed by atoms with van der Waals surface area (Å²) in [5.41, 5.74) is 2.79. The Morgan fingerprint density at radius 1 is 1.29 bits per heavy atom. The van der Waals surface area contributed by atoms with E-state index < -0.39 is 0 Å². The molecule has 1 fully saturated rings. The fourth-order valence-corrected chi connectivity index (χ4v) is 4.24. The smallest absolute Gasteiger partial charge is 0.120 e. The van der Waals surface area contributed by atoms with Crippen LogP contribution >= 0.6 is 0 Å². The van der Waals surface area contributed by atoms with Gasteiger partial charge in [-0.2, -0.15) is 0 Å². The highest BCUT2D eigenvalue weighted by Crippen LogP contribution is 2.39. The molecular weight excluding hydrogens is 296 g/mol. The first-order chi connectivity index (χ1) is 11.7. The maximum absolute atomic E-state index is 10.8. The van der Waals surface area contributed by atoms with Crippen LogP contribution in [0.3, 0.4) is 0 Å². The number of fused-ring (bicyclic) bond motifs is 1. The normalized spacial score (nSPS) is 22.1. The molecule has 0 saturated carbocycles. The third-order valence-electron chi connectivity index (χ3n) is 5.60. The maximum Gasteiger partial charge on any atom is 0.120 e. The number of unbranched alkanes of at least 4 members (excludes halogenated alkanes) is 1. The van der Waals surface area contributed by atoms with Crippen LogP contribution in [0.25, 0.3) is 10.9 Å². The molecule has 0 spiro atoms. The molecule has 2 aromatic rings.